The van der Waals surface area contributed by atoms with Gasteiger partial charge >= 0.3 is 0 Å². The van der Waals surface area contributed by atoms with Crippen LogP contribution in [0.25, 0.3) is 65.7 Å². The highest BCUT2D eigenvalue weighted by Crippen LogP contribution is 2.40. The standard InChI is InChI=1S/C33H19NO/c34-20-21-9-11-22(12-10-21)23-13-14-25-18-26(16-15-24(25)17-23)30-19-31-28-6-3-4-8-32(28)35-33(31)29-7-2-1-5-27(29)30/h1-19H. The van der Waals surface area contributed by atoms with Crippen LogP contribution in [-0.4, -0.2) is 0 Å². The van der Waals surface area contributed by atoms with Crippen LogP contribution in [-0.2, 0) is 0 Å². The summed E-state index contributed by atoms with van der Waals surface area (Å²) in [5.41, 5.74) is 7.18. The molecule has 162 valence electrons. The first-order valence-corrected chi connectivity index (χ1v) is 11.7. The molecule has 0 saturated heterocycles. The molecule has 0 aliphatic rings. The van der Waals surface area contributed by atoms with Gasteiger partial charge in [0.05, 0.1) is 11.6 Å². The van der Waals surface area contributed by atoms with Crippen molar-refractivity contribution in [2.45, 2.75) is 0 Å². The highest BCUT2D eigenvalue weighted by molar-refractivity contribution is 6.19. The average molecular weight is 446 g/mol. The number of para-hydroxylation sites is 1. The molecule has 0 N–H and O–H groups in total. The van der Waals surface area contributed by atoms with Crippen LogP contribution in [0.2, 0.25) is 0 Å². The number of hydrogen-bond acceptors (Lipinski definition) is 2. The Morgan fingerprint density at radius 1 is 0.514 bits per heavy atom. The summed E-state index contributed by atoms with van der Waals surface area (Å²) in [7, 11) is 0. The predicted octanol–water partition coefficient (Wildman–Crippen LogP) is 9.10. The molecule has 0 atom stereocenters. The third kappa shape index (κ3) is 3.10. The van der Waals surface area contributed by atoms with Crippen molar-refractivity contribution in [1.29, 1.82) is 5.26 Å². The SMILES string of the molecule is N#Cc1ccc(-c2ccc3cc(-c4cc5c6ccccc6oc5c5ccccc45)ccc3c2)cc1. The summed E-state index contributed by atoms with van der Waals surface area (Å²) in [5.74, 6) is 0. The minimum absolute atomic E-state index is 0.675. The van der Waals surface area contributed by atoms with E-state index in [1.54, 1.807) is 0 Å². The third-order valence-electron chi connectivity index (χ3n) is 6.88. The summed E-state index contributed by atoms with van der Waals surface area (Å²) in [6, 6.07) is 42.1. The Bertz CT molecular complexity index is 1950. The van der Waals surface area contributed by atoms with E-state index in [0.29, 0.717) is 5.56 Å². The maximum Gasteiger partial charge on any atom is 0.143 e. The van der Waals surface area contributed by atoms with E-state index in [1.165, 1.54) is 27.3 Å². The molecule has 0 saturated carbocycles. The highest BCUT2D eigenvalue weighted by atomic mass is 16.3. The fourth-order valence-electron chi connectivity index (χ4n) is 5.12. The summed E-state index contributed by atoms with van der Waals surface area (Å²) in [4.78, 5) is 0. The lowest BCUT2D eigenvalue weighted by molar-refractivity contribution is 0.672. The minimum atomic E-state index is 0.675. The zero-order chi connectivity index (χ0) is 23.4. The molecule has 0 aliphatic carbocycles. The van der Waals surface area contributed by atoms with Crippen molar-refractivity contribution in [1.82, 2.24) is 0 Å². The molecule has 35 heavy (non-hydrogen) atoms. The van der Waals surface area contributed by atoms with Crippen molar-refractivity contribution in [3.8, 4) is 28.3 Å². The first kappa shape index (κ1) is 19.6. The van der Waals surface area contributed by atoms with Crippen LogP contribution in [0.1, 0.15) is 5.56 Å². The maximum atomic E-state index is 9.07. The molecule has 0 bridgehead atoms. The van der Waals surface area contributed by atoms with E-state index >= 15 is 0 Å². The van der Waals surface area contributed by atoms with Crippen LogP contribution in [0.15, 0.2) is 120 Å². The smallest absolute Gasteiger partial charge is 0.143 e. The zero-order valence-electron chi connectivity index (χ0n) is 18.8. The Hall–Kier alpha value is -4.87. The van der Waals surface area contributed by atoms with Gasteiger partial charge in [-0.15, -0.1) is 0 Å². The van der Waals surface area contributed by atoms with E-state index in [1.807, 2.05) is 36.4 Å². The van der Waals surface area contributed by atoms with Gasteiger partial charge in [-0.25, -0.2) is 0 Å². The molecule has 1 aromatic heterocycles. The molecule has 7 aromatic rings. The highest BCUT2D eigenvalue weighted by Gasteiger charge is 2.14. The van der Waals surface area contributed by atoms with E-state index < -0.39 is 0 Å². The normalized spacial score (nSPS) is 11.4. The van der Waals surface area contributed by atoms with E-state index in [2.05, 4.69) is 84.9 Å². The molecular formula is C33H19NO. The second-order valence-electron chi connectivity index (χ2n) is 8.91. The van der Waals surface area contributed by atoms with Crippen molar-refractivity contribution >= 4 is 43.5 Å². The molecule has 2 nitrogen and oxygen atoms in total. The Morgan fingerprint density at radius 3 is 1.91 bits per heavy atom. The van der Waals surface area contributed by atoms with Crippen molar-refractivity contribution < 1.29 is 4.42 Å². The Kier molecular flexibility index (Phi) is 4.24. The number of nitriles is 1. The number of furan rings is 1. The number of rotatable bonds is 2. The molecule has 6 aromatic carbocycles. The summed E-state index contributed by atoms with van der Waals surface area (Å²) in [5, 5.41) is 16.1. The van der Waals surface area contributed by atoms with E-state index in [9.17, 15) is 0 Å². The number of benzene rings is 6. The van der Waals surface area contributed by atoms with Crippen molar-refractivity contribution in [2.24, 2.45) is 0 Å². The van der Waals surface area contributed by atoms with Crippen molar-refractivity contribution in [2.75, 3.05) is 0 Å². The lowest BCUT2D eigenvalue weighted by atomic mass is 9.93. The Balaban J connectivity index is 1.41. The molecule has 1 heterocycles. The monoisotopic (exact) mass is 445 g/mol. The molecule has 0 amide bonds. The second-order valence-corrected chi connectivity index (χ2v) is 8.91. The molecular weight excluding hydrogens is 426 g/mol. The fraction of sp³-hybridized carbons (Fsp3) is 0. The van der Waals surface area contributed by atoms with Gasteiger partial charge in [-0.1, -0.05) is 78.9 Å². The topological polar surface area (TPSA) is 36.9 Å². The molecule has 0 aliphatic heterocycles. The van der Waals surface area contributed by atoms with Crippen LogP contribution in [0.5, 0.6) is 0 Å². The molecule has 0 radical (unpaired) electrons. The average Bonchev–Trinajstić information content (AvgIpc) is 3.31. The molecule has 2 heteroatoms. The minimum Gasteiger partial charge on any atom is -0.455 e. The van der Waals surface area contributed by atoms with Gasteiger partial charge in [-0.3, -0.25) is 0 Å². The lowest BCUT2D eigenvalue weighted by Gasteiger charge is -2.10. The Labute approximate surface area is 202 Å². The summed E-state index contributed by atoms with van der Waals surface area (Å²) >= 11 is 0. The molecule has 0 spiro atoms. The van der Waals surface area contributed by atoms with Crippen LogP contribution < -0.4 is 0 Å². The molecule has 7 rings (SSSR count). The van der Waals surface area contributed by atoms with Crippen LogP contribution in [0.4, 0.5) is 0 Å². The van der Waals surface area contributed by atoms with Crippen LogP contribution in [0, 0.1) is 11.3 Å². The lowest BCUT2D eigenvalue weighted by Crippen LogP contribution is -1.85. The number of nitrogens with zero attached hydrogens (tertiary/aromatic N) is 1. The number of fused-ring (bicyclic) bond motifs is 6. The fourth-order valence-corrected chi connectivity index (χ4v) is 5.12. The van der Waals surface area contributed by atoms with Gasteiger partial charge in [-0.2, -0.15) is 5.26 Å². The number of hydrogen-bond donors (Lipinski definition) is 0. The molecule has 0 fully saturated rings. The van der Waals surface area contributed by atoms with E-state index in [-0.39, 0.29) is 0 Å². The first-order chi connectivity index (χ1) is 17.3. The zero-order valence-corrected chi connectivity index (χ0v) is 18.8. The largest absolute Gasteiger partial charge is 0.455 e. The maximum absolute atomic E-state index is 9.07. The van der Waals surface area contributed by atoms with Gasteiger partial charge in [0.25, 0.3) is 0 Å². The quantitative estimate of drug-likeness (QED) is 0.266. The first-order valence-electron chi connectivity index (χ1n) is 11.7. The van der Waals surface area contributed by atoms with Crippen molar-refractivity contribution in [3.63, 3.8) is 0 Å². The summed E-state index contributed by atoms with van der Waals surface area (Å²) in [6.07, 6.45) is 0. The van der Waals surface area contributed by atoms with Gasteiger partial charge in [0.2, 0.25) is 0 Å². The van der Waals surface area contributed by atoms with Gasteiger partial charge in [0.15, 0.2) is 0 Å². The van der Waals surface area contributed by atoms with E-state index in [4.69, 9.17) is 9.68 Å². The van der Waals surface area contributed by atoms with Crippen LogP contribution >= 0.6 is 0 Å². The van der Waals surface area contributed by atoms with E-state index in [0.717, 1.165) is 38.5 Å². The predicted molar refractivity (Wildman–Crippen MR) is 144 cm³/mol. The second kappa shape index (κ2) is 7.58. The summed E-state index contributed by atoms with van der Waals surface area (Å²) < 4.78 is 6.28. The van der Waals surface area contributed by atoms with Gasteiger partial charge in [0, 0.05) is 16.2 Å². The third-order valence-corrected chi connectivity index (χ3v) is 6.88. The van der Waals surface area contributed by atoms with Crippen molar-refractivity contribution in [3.05, 3.63) is 121 Å². The molecule has 0 unspecified atom stereocenters. The van der Waals surface area contributed by atoms with Gasteiger partial charge in [0.1, 0.15) is 11.2 Å². The van der Waals surface area contributed by atoms with Gasteiger partial charge in [-0.05, 0) is 74.8 Å². The van der Waals surface area contributed by atoms with Crippen LogP contribution in [0.3, 0.4) is 0 Å². The summed E-state index contributed by atoms with van der Waals surface area (Å²) in [6.45, 7) is 0. The Morgan fingerprint density at radius 2 is 1.14 bits per heavy atom. The van der Waals surface area contributed by atoms with Gasteiger partial charge < -0.3 is 4.42 Å².